The number of pyridine rings is 1. The van der Waals surface area contributed by atoms with Crippen LogP contribution in [0.3, 0.4) is 0 Å². The van der Waals surface area contributed by atoms with E-state index < -0.39 is 0 Å². The van der Waals surface area contributed by atoms with Crippen molar-refractivity contribution in [2.75, 3.05) is 13.1 Å². The molecule has 1 amide bonds. The SMILES string of the molecule is O=C(c1ccccc1Cl)N(CCc1ccccn1)CC1CCCCC1. The van der Waals surface area contributed by atoms with Gasteiger partial charge in [0.15, 0.2) is 0 Å². The van der Waals surface area contributed by atoms with Crippen molar-refractivity contribution in [3.05, 3.63) is 64.9 Å². The summed E-state index contributed by atoms with van der Waals surface area (Å²) in [5.41, 5.74) is 1.61. The van der Waals surface area contributed by atoms with E-state index in [9.17, 15) is 4.79 Å². The number of nitrogens with zero attached hydrogens (tertiary/aromatic N) is 2. The van der Waals surface area contributed by atoms with E-state index in [1.165, 1.54) is 32.1 Å². The third-order valence-electron chi connectivity index (χ3n) is 4.96. The Labute approximate surface area is 155 Å². The largest absolute Gasteiger partial charge is 0.338 e. The van der Waals surface area contributed by atoms with Gasteiger partial charge in [0.25, 0.3) is 5.91 Å². The highest BCUT2D eigenvalue weighted by Crippen LogP contribution is 2.26. The van der Waals surface area contributed by atoms with E-state index in [1.54, 1.807) is 12.3 Å². The standard InChI is InChI=1S/C21H25ClN2O/c22-20-12-5-4-11-19(20)21(25)24(16-17-8-2-1-3-9-17)15-13-18-10-6-7-14-23-18/h4-7,10-12,14,17H,1-3,8-9,13,15-16H2. The molecular formula is C21H25ClN2O. The second kappa shape index (κ2) is 9.00. The number of hydrogen-bond acceptors (Lipinski definition) is 2. The Morgan fingerprint density at radius 3 is 2.56 bits per heavy atom. The number of hydrogen-bond donors (Lipinski definition) is 0. The highest BCUT2D eigenvalue weighted by atomic mass is 35.5. The van der Waals surface area contributed by atoms with E-state index in [4.69, 9.17) is 11.6 Å². The fourth-order valence-electron chi connectivity index (χ4n) is 3.56. The van der Waals surface area contributed by atoms with Gasteiger partial charge in [-0.3, -0.25) is 9.78 Å². The molecule has 1 fully saturated rings. The molecule has 0 spiro atoms. The number of amides is 1. The minimum absolute atomic E-state index is 0.0344. The molecule has 4 heteroatoms. The van der Waals surface area contributed by atoms with E-state index >= 15 is 0 Å². The van der Waals surface area contributed by atoms with E-state index in [0.29, 0.717) is 23.0 Å². The van der Waals surface area contributed by atoms with Crippen LogP contribution in [0.4, 0.5) is 0 Å². The first kappa shape index (κ1) is 17.9. The molecule has 0 atom stereocenters. The monoisotopic (exact) mass is 356 g/mol. The second-order valence-corrected chi connectivity index (χ2v) is 7.21. The van der Waals surface area contributed by atoms with E-state index in [2.05, 4.69) is 4.98 Å². The summed E-state index contributed by atoms with van der Waals surface area (Å²) in [4.78, 5) is 19.4. The van der Waals surface area contributed by atoms with Gasteiger partial charge < -0.3 is 4.90 Å². The number of aromatic nitrogens is 1. The first-order valence-corrected chi connectivity index (χ1v) is 9.55. The number of benzene rings is 1. The van der Waals surface area contributed by atoms with Crippen molar-refractivity contribution in [3.8, 4) is 0 Å². The summed E-state index contributed by atoms with van der Waals surface area (Å²) in [5.74, 6) is 0.635. The van der Waals surface area contributed by atoms with E-state index in [1.807, 2.05) is 41.3 Å². The zero-order valence-electron chi connectivity index (χ0n) is 14.5. The zero-order valence-corrected chi connectivity index (χ0v) is 15.3. The molecule has 1 aromatic carbocycles. The van der Waals surface area contributed by atoms with Crippen LogP contribution in [0.1, 0.15) is 48.2 Å². The maximum Gasteiger partial charge on any atom is 0.255 e. The molecule has 2 aromatic rings. The molecule has 1 aromatic heterocycles. The minimum Gasteiger partial charge on any atom is -0.338 e. The smallest absolute Gasteiger partial charge is 0.255 e. The summed E-state index contributed by atoms with van der Waals surface area (Å²) in [7, 11) is 0. The normalized spacial score (nSPS) is 15.1. The van der Waals surface area contributed by atoms with Gasteiger partial charge in [0, 0.05) is 31.4 Å². The molecule has 0 saturated heterocycles. The first-order valence-electron chi connectivity index (χ1n) is 9.18. The van der Waals surface area contributed by atoms with Crippen molar-refractivity contribution in [2.24, 2.45) is 5.92 Å². The van der Waals surface area contributed by atoms with Crippen LogP contribution in [0.15, 0.2) is 48.7 Å². The van der Waals surface area contributed by atoms with Gasteiger partial charge in [-0.05, 0) is 43.0 Å². The third kappa shape index (κ3) is 5.05. The van der Waals surface area contributed by atoms with Gasteiger partial charge in [0.1, 0.15) is 0 Å². The summed E-state index contributed by atoms with van der Waals surface area (Å²) in [6, 6.07) is 13.3. The Morgan fingerprint density at radius 1 is 1.08 bits per heavy atom. The van der Waals surface area contributed by atoms with Crippen LogP contribution >= 0.6 is 11.6 Å². The van der Waals surface area contributed by atoms with Crippen LogP contribution in [-0.2, 0) is 6.42 Å². The maximum atomic E-state index is 13.1. The molecule has 0 radical (unpaired) electrons. The number of carbonyl (C=O) groups excluding carboxylic acids is 1. The van der Waals surface area contributed by atoms with Crippen LogP contribution in [0, 0.1) is 5.92 Å². The van der Waals surface area contributed by atoms with Crippen molar-refractivity contribution in [3.63, 3.8) is 0 Å². The van der Waals surface area contributed by atoms with Crippen molar-refractivity contribution >= 4 is 17.5 Å². The van der Waals surface area contributed by atoms with Crippen LogP contribution in [0.25, 0.3) is 0 Å². The first-order chi connectivity index (χ1) is 12.2. The van der Waals surface area contributed by atoms with Crippen LogP contribution in [0.2, 0.25) is 5.02 Å². The molecular weight excluding hydrogens is 332 g/mol. The lowest BCUT2D eigenvalue weighted by atomic mass is 9.88. The number of halogens is 1. The second-order valence-electron chi connectivity index (χ2n) is 6.81. The molecule has 1 aliphatic carbocycles. The summed E-state index contributed by atoms with van der Waals surface area (Å²) in [6.07, 6.45) is 8.88. The predicted octanol–water partition coefficient (Wildman–Crippen LogP) is 5.00. The van der Waals surface area contributed by atoms with Gasteiger partial charge >= 0.3 is 0 Å². The van der Waals surface area contributed by atoms with Gasteiger partial charge in [0.05, 0.1) is 10.6 Å². The van der Waals surface area contributed by atoms with E-state index in [-0.39, 0.29) is 5.91 Å². The number of carbonyl (C=O) groups is 1. The van der Waals surface area contributed by atoms with Gasteiger partial charge in [-0.2, -0.15) is 0 Å². The molecule has 0 bridgehead atoms. The fourth-order valence-corrected chi connectivity index (χ4v) is 3.77. The highest BCUT2D eigenvalue weighted by Gasteiger charge is 2.23. The molecule has 1 aliphatic rings. The average molecular weight is 357 g/mol. The Morgan fingerprint density at radius 2 is 1.84 bits per heavy atom. The molecule has 1 heterocycles. The summed E-state index contributed by atoms with van der Waals surface area (Å²) in [6.45, 7) is 1.49. The van der Waals surface area contributed by atoms with Crippen LogP contribution in [-0.4, -0.2) is 28.9 Å². The van der Waals surface area contributed by atoms with Gasteiger partial charge in [-0.25, -0.2) is 0 Å². The van der Waals surface area contributed by atoms with Crippen molar-refractivity contribution in [1.82, 2.24) is 9.88 Å². The van der Waals surface area contributed by atoms with E-state index in [0.717, 1.165) is 18.7 Å². The Bertz CT molecular complexity index is 683. The van der Waals surface area contributed by atoms with Crippen molar-refractivity contribution < 1.29 is 4.79 Å². The summed E-state index contributed by atoms with van der Waals surface area (Å²) >= 11 is 6.26. The van der Waals surface area contributed by atoms with Gasteiger partial charge in [-0.1, -0.05) is 49.1 Å². The van der Waals surface area contributed by atoms with Crippen LogP contribution in [0.5, 0.6) is 0 Å². The molecule has 25 heavy (non-hydrogen) atoms. The Hall–Kier alpha value is -1.87. The minimum atomic E-state index is 0.0344. The van der Waals surface area contributed by atoms with Crippen molar-refractivity contribution in [1.29, 1.82) is 0 Å². The topological polar surface area (TPSA) is 33.2 Å². The lowest BCUT2D eigenvalue weighted by Gasteiger charge is -2.30. The third-order valence-corrected chi connectivity index (χ3v) is 5.29. The molecule has 0 aliphatic heterocycles. The summed E-state index contributed by atoms with van der Waals surface area (Å²) in [5, 5.41) is 0.527. The van der Waals surface area contributed by atoms with Gasteiger partial charge in [0.2, 0.25) is 0 Å². The molecule has 0 unspecified atom stereocenters. The molecule has 1 saturated carbocycles. The molecule has 3 rings (SSSR count). The quantitative estimate of drug-likeness (QED) is 0.729. The average Bonchev–Trinajstić information content (AvgIpc) is 2.66. The Kier molecular flexibility index (Phi) is 6.46. The zero-order chi connectivity index (χ0) is 17.5. The fraction of sp³-hybridized carbons (Fsp3) is 0.429. The lowest BCUT2D eigenvalue weighted by molar-refractivity contribution is 0.0715. The van der Waals surface area contributed by atoms with Crippen LogP contribution < -0.4 is 0 Å². The lowest BCUT2D eigenvalue weighted by Crippen LogP contribution is -2.37. The Balaban J connectivity index is 1.73. The molecule has 3 nitrogen and oxygen atoms in total. The summed E-state index contributed by atoms with van der Waals surface area (Å²) < 4.78 is 0. The highest BCUT2D eigenvalue weighted by molar-refractivity contribution is 6.33. The number of rotatable bonds is 6. The van der Waals surface area contributed by atoms with Gasteiger partial charge in [-0.15, -0.1) is 0 Å². The molecule has 132 valence electrons. The van der Waals surface area contributed by atoms with Crippen molar-refractivity contribution in [2.45, 2.75) is 38.5 Å². The molecule has 0 N–H and O–H groups in total. The predicted molar refractivity (Wildman–Crippen MR) is 102 cm³/mol. The maximum absolute atomic E-state index is 13.1.